The zero-order chi connectivity index (χ0) is 14.7. The number of ether oxygens (including phenoxy) is 1. The molecule has 0 spiro atoms. The Balaban J connectivity index is 2.17. The molecule has 1 aromatic heterocycles. The smallest absolute Gasteiger partial charge is 0.261 e. The predicted molar refractivity (Wildman–Crippen MR) is 77.1 cm³/mol. The van der Waals surface area contributed by atoms with Crippen LogP contribution >= 0.6 is 11.3 Å². The number of hydrogen-bond acceptors (Lipinski definition) is 6. The number of thiazole rings is 1. The maximum absolute atomic E-state index is 12.0. The number of anilines is 1. The van der Waals surface area contributed by atoms with Gasteiger partial charge >= 0.3 is 0 Å². The zero-order valence-electron chi connectivity index (χ0n) is 10.7. The molecule has 0 saturated heterocycles. The molecule has 1 amide bonds. The number of nitrogens with zero attached hydrogens (tertiary/aromatic N) is 1. The van der Waals surface area contributed by atoms with E-state index in [-0.39, 0.29) is 11.3 Å². The van der Waals surface area contributed by atoms with Gasteiger partial charge in [-0.3, -0.25) is 14.3 Å². The molecular formula is C12H12N2O4S2. The van der Waals surface area contributed by atoms with Crippen LogP contribution in [0.25, 0.3) is 0 Å². The fourth-order valence-corrected chi connectivity index (χ4v) is 2.90. The first-order valence-electron chi connectivity index (χ1n) is 5.49. The number of phenols is 1. The molecule has 0 aliphatic carbocycles. The van der Waals surface area contributed by atoms with E-state index in [1.165, 1.54) is 31.7 Å². The van der Waals surface area contributed by atoms with Crippen LogP contribution in [0.15, 0.2) is 28.6 Å². The summed E-state index contributed by atoms with van der Waals surface area (Å²) in [7, 11) is 0.331. The van der Waals surface area contributed by atoms with Crippen LogP contribution in [0.2, 0.25) is 0 Å². The summed E-state index contributed by atoms with van der Waals surface area (Å²) in [5.41, 5.74) is 0.111. The zero-order valence-corrected chi connectivity index (χ0v) is 12.4. The number of methoxy groups -OCH3 is 1. The highest BCUT2D eigenvalue weighted by Gasteiger charge is 2.14. The van der Waals surface area contributed by atoms with E-state index >= 15 is 0 Å². The summed E-state index contributed by atoms with van der Waals surface area (Å²) in [6, 6.07) is 4.38. The Morgan fingerprint density at radius 1 is 1.50 bits per heavy atom. The lowest BCUT2D eigenvalue weighted by molar-refractivity contribution is 0.102. The first kappa shape index (κ1) is 14.5. The highest BCUT2D eigenvalue weighted by Crippen LogP contribution is 2.26. The van der Waals surface area contributed by atoms with Gasteiger partial charge in [-0.25, -0.2) is 4.98 Å². The molecule has 106 valence electrons. The predicted octanol–water partition coefficient (Wildman–Crippen LogP) is 1.85. The van der Waals surface area contributed by atoms with Crippen molar-refractivity contribution in [2.75, 3.05) is 18.7 Å². The Kier molecular flexibility index (Phi) is 4.35. The molecule has 6 nitrogen and oxygen atoms in total. The average molecular weight is 312 g/mol. The number of aromatic nitrogens is 1. The number of aromatic hydroxyl groups is 1. The molecule has 2 rings (SSSR count). The Labute approximate surface area is 121 Å². The topological polar surface area (TPSA) is 88.5 Å². The lowest BCUT2D eigenvalue weighted by Crippen LogP contribution is -2.11. The number of benzene rings is 1. The Morgan fingerprint density at radius 3 is 2.80 bits per heavy atom. The van der Waals surface area contributed by atoms with Crippen molar-refractivity contribution in [1.82, 2.24) is 4.98 Å². The number of nitrogens with one attached hydrogen (secondary N) is 1. The minimum atomic E-state index is -1.14. The molecule has 0 aliphatic heterocycles. The van der Waals surface area contributed by atoms with Gasteiger partial charge in [0.2, 0.25) is 0 Å². The van der Waals surface area contributed by atoms with Crippen molar-refractivity contribution in [2.45, 2.75) is 4.21 Å². The maximum Gasteiger partial charge on any atom is 0.261 e. The first-order valence-corrected chi connectivity index (χ1v) is 7.86. The molecule has 0 bridgehead atoms. The Morgan fingerprint density at radius 2 is 2.25 bits per heavy atom. The fourth-order valence-electron chi connectivity index (χ4n) is 1.44. The van der Waals surface area contributed by atoms with Crippen molar-refractivity contribution in [1.29, 1.82) is 0 Å². The molecule has 20 heavy (non-hydrogen) atoms. The van der Waals surface area contributed by atoms with Crippen molar-refractivity contribution in [3.8, 4) is 11.5 Å². The molecule has 0 fully saturated rings. The molecule has 2 N–H and O–H groups in total. The third-order valence-corrected chi connectivity index (χ3v) is 4.77. The SMILES string of the molecule is COc1ccc(C(=O)Nc2ncc(S(C)=O)s2)c(O)c1. The molecule has 1 heterocycles. The van der Waals surface area contributed by atoms with Crippen LogP contribution in [0.5, 0.6) is 11.5 Å². The standard InChI is InChI=1S/C12H12N2O4S2/c1-18-7-3-4-8(9(15)5-7)11(16)14-12-13-6-10(19-12)20(2)17/h3-6,15H,1-2H3,(H,13,14,16). The molecule has 1 aromatic carbocycles. The molecule has 0 saturated carbocycles. The summed E-state index contributed by atoms with van der Waals surface area (Å²) in [5, 5.41) is 12.6. The monoisotopic (exact) mass is 312 g/mol. The minimum Gasteiger partial charge on any atom is -0.507 e. The lowest BCUT2D eigenvalue weighted by Gasteiger charge is -2.06. The summed E-state index contributed by atoms with van der Waals surface area (Å²) < 4.78 is 16.8. The summed E-state index contributed by atoms with van der Waals surface area (Å²) >= 11 is 1.13. The molecule has 2 aromatic rings. The van der Waals surface area contributed by atoms with Crippen LogP contribution in [0.1, 0.15) is 10.4 Å². The summed E-state index contributed by atoms with van der Waals surface area (Å²) in [6.45, 7) is 0. The quantitative estimate of drug-likeness (QED) is 0.899. The number of hydrogen-bond donors (Lipinski definition) is 2. The van der Waals surface area contributed by atoms with Gasteiger partial charge in [0.25, 0.3) is 5.91 Å². The van der Waals surface area contributed by atoms with Crippen LogP contribution in [0.3, 0.4) is 0 Å². The van der Waals surface area contributed by atoms with Crippen molar-refractivity contribution >= 4 is 33.2 Å². The van der Waals surface area contributed by atoms with Crippen molar-refractivity contribution in [3.05, 3.63) is 30.0 Å². The van der Waals surface area contributed by atoms with Gasteiger partial charge in [0.15, 0.2) is 5.13 Å². The highest BCUT2D eigenvalue weighted by molar-refractivity contribution is 7.86. The van der Waals surface area contributed by atoms with Gasteiger partial charge in [-0.1, -0.05) is 11.3 Å². The van der Waals surface area contributed by atoms with Crippen LogP contribution in [0, 0.1) is 0 Å². The average Bonchev–Trinajstić information content (AvgIpc) is 2.87. The Bertz CT molecular complexity index is 669. The molecule has 0 aliphatic rings. The molecule has 1 atom stereocenters. The van der Waals surface area contributed by atoms with E-state index in [4.69, 9.17) is 4.74 Å². The Hall–Kier alpha value is -1.93. The lowest BCUT2D eigenvalue weighted by atomic mass is 10.2. The van der Waals surface area contributed by atoms with Crippen LogP contribution in [0.4, 0.5) is 5.13 Å². The van der Waals surface area contributed by atoms with Crippen molar-refractivity contribution in [2.24, 2.45) is 0 Å². The van der Waals surface area contributed by atoms with Gasteiger partial charge in [-0.2, -0.15) is 0 Å². The van der Waals surface area contributed by atoms with E-state index in [0.29, 0.717) is 15.1 Å². The van der Waals surface area contributed by atoms with Crippen LogP contribution < -0.4 is 10.1 Å². The molecular weight excluding hydrogens is 300 g/mol. The number of rotatable bonds is 4. The van der Waals surface area contributed by atoms with Gasteiger partial charge in [-0.05, 0) is 12.1 Å². The fraction of sp³-hybridized carbons (Fsp3) is 0.167. The first-order chi connectivity index (χ1) is 9.51. The van der Waals surface area contributed by atoms with Gasteiger partial charge in [0.05, 0.1) is 29.7 Å². The number of carbonyl (C=O) groups excluding carboxylic acids is 1. The number of carbonyl (C=O) groups is 1. The normalized spacial score (nSPS) is 11.9. The molecule has 8 heteroatoms. The highest BCUT2D eigenvalue weighted by atomic mass is 32.2. The van der Waals surface area contributed by atoms with Crippen LogP contribution in [-0.2, 0) is 10.8 Å². The summed E-state index contributed by atoms with van der Waals surface area (Å²) in [5.74, 6) is -0.220. The van der Waals surface area contributed by atoms with Gasteiger partial charge in [-0.15, -0.1) is 0 Å². The largest absolute Gasteiger partial charge is 0.507 e. The third kappa shape index (κ3) is 3.14. The maximum atomic E-state index is 12.0. The summed E-state index contributed by atoms with van der Waals surface area (Å²) in [6.07, 6.45) is 2.98. The van der Waals surface area contributed by atoms with E-state index in [0.717, 1.165) is 11.3 Å². The number of amides is 1. The second kappa shape index (κ2) is 6.02. The minimum absolute atomic E-state index is 0.111. The van der Waals surface area contributed by atoms with E-state index in [1.807, 2.05) is 0 Å². The molecule has 1 unspecified atom stereocenters. The second-order valence-electron chi connectivity index (χ2n) is 3.78. The van der Waals surface area contributed by atoms with Crippen molar-refractivity contribution < 1.29 is 18.8 Å². The summed E-state index contributed by atoms with van der Waals surface area (Å²) in [4.78, 5) is 15.9. The third-order valence-electron chi connectivity index (χ3n) is 2.44. The number of phenolic OH excluding ortho intramolecular Hbond substituents is 1. The van der Waals surface area contributed by atoms with E-state index in [2.05, 4.69) is 10.3 Å². The van der Waals surface area contributed by atoms with Gasteiger partial charge in [0.1, 0.15) is 15.7 Å². The van der Waals surface area contributed by atoms with Crippen molar-refractivity contribution in [3.63, 3.8) is 0 Å². The van der Waals surface area contributed by atoms with E-state index in [1.54, 1.807) is 6.07 Å². The van der Waals surface area contributed by atoms with E-state index < -0.39 is 16.7 Å². The van der Waals surface area contributed by atoms with Gasteiger partial charge in [0, 0.05) is 12.3 Å². The van der Waals surface area contributed by atoms with Crippen LogP contribution in [-0.4, -0.2) is 33.6 Å². The molecule has 0 radical (unpaired) electrons. The second-order valence-corrected chi connectivity index (χ2v) is 6.41. The van der Waals surface area contributed by atoms with Gasteiger partial charge < -0.3 is 9.84 Å². The van der Waals surface area contributed by atoms with E-state index in [9.17, 15) is 14.1 Å².